The van der Waals surface area contributed by atoms with Gasteiger partial charge in [0, 0.05) is 14.8 Å². The third-order valence-corrected chi connectivity index (χ3v) is 5.43. The van der Waals surface area contributed by atoms with Crippen LogP contribution in [-0.2, 0) is 4.79 Å². The van der Waals surface area contributed by atoms with Crippen molar-refractivity contribution >= 4 is 29.3 Å². The molecule has 2 aromatic rings. The summed E-state index contributed by atoms with van der Waals surface area (Å²) in [5, 5.41) is 10.9. The maximum Gasteiger partial charge on any atom is 0.490 e. The van der Waals surface area contributed by atoms with Gasteiger partial charge in [0.2, 0.25) is 0 Å². The fourth-order valence-corrected chi connectivity index (χ4v) is 3.91. The molecule has 0 aromatic heterocycles. The topological polar surface area (TPSA) is 49.3 Å². The van der Waals surface area contributed by atoms with Crippen LogP contribution in [0, 0.1) is 5.82 Å². The first-order chi connectivity index (χ1) is 13.2. The molecule has 0 radical (unpaired) electrons. The smallest absolute Gasteiger partial charge is 0.475 e. The second kappa shape index (κ2) is 10.1. The van der Waals surface area contributed by atoms with E-state index in [-0.39, 0.29) is 5.82 Å². The lowest BCUT2D eigenvalue weighted by molar-refractivity contribution is -0.192. The first-order valence-corrected chi connectivity index (χ1v) is 9.60. The third-order valence-electron chi connectivity index (χ3n) is 4.05. The molecule has 0 unspecified atom stereocenters. The Kier molecular flexibility index (Phi) is 8.15. The van der Waals surface area contributed by atoms with E-state index in [1.54, 1.807) is 12.1 Å². The zero-order chi connectivity index (χ0) is 20.7. The maximum atomic E-state index is 14.0. The van der Waals surface area contributed by atoms with Crippen molar-refractivity contribution in [2.45, 2.75) is 34.7 Å². The largest absolute Gasteiger partial charge is 0.490 e. The van der Waals surface area contributed by atoms with Crippen LogP contribution in [0.15, 0.2) is 52.3 Å². The number of benzene rings is 2. The highest BCUT2D eigenvalue weighted by Crippen LogP contribution is 2.38. The molecule has 0 spiro atoms. The van der Waals surface area contributed by atoms with Gasteiger partial charge in [0.15, 0.2) is 0 Å². The lowest BCUT2D eigenvalue weighted by Gasteiger charge is -2.25. The molecule has 0 atom stereocenters. The number of carbonyl (C=O) groups is 1. The molecular formula is C19H18ClF4NO2S. The number of alkyl halides is 3. The fourth-order valence-electron chi connectivity index (χ4n) is 2.72. The molecule has 0 aliphatic carbocycles. The highest BCUT2D eigenvalue weighted by atomic mass is 35.5. The Balaban J connectivity index is 0.000000345. The summed E-state index contributed by atoms with van der Waals surface area (Å²) in [5.41, 5.74) is 1.33. The van der Waals surface area contributed by atoms with E-state index in [0.717, 1.165) is 30.8 Å². The van der Waals surface area contributed by atoms with Crippen molar-refractivity contribution < 1.29 is 27.5 Å². The summed E-state index contributed by atoms with van der Waals surface area (Å²) < 4.78 is 45.7. The van der Waals surface area contributed by atoms with Crippen LogP contribution in [0.25, 0.3) is 0 Å². The van der Waals surface area contributed by atoms with E-state index in [9.17, 15) is 17.6 Å². The van der Waals surface area contributed by atoms with Crippen LogP contribution in [0.5, 0.6) is 0 Å². The Labute approximate surface area is 169 Å². The van der Waals surface area contributed by atoms with Gasteiger partial charge in [-0.1, -0.05) is 41.6 Å². The van der Waals surface area contributed by atoms with Gasteiger partial charge in [-0.15, -0.1) is 0 Å². The van der Waals surface area contributed by atoms with Crippen molar-refractivity contribution in [3.8, 4) is 0 Å². The molecule has 0 saturated carbocycles. The van der Waals surface area contributed by atoms with E-state index in [1.165, 1.54) is 23.4 Å². The van der Waals surface area contributed by atoms with Crippen LogP contribution < -0.4 is 5.32 Å². The average molecular weight is 436 g/mol. The summed E-state index contributed by atoms with van der Waals surface area (Å²) >= 11 is 7.31. The predicted molar refractivity (Wildman–Crippen MR) is 101 cm³/mol. The molecule has 1 aliphatic heterocycles. The van der Waals surface area contributed by atoms with E-state index in [2.05, 4.69) is 23.5 Å². The number of piperidine rings is 1. The molecule has 152 valence electrons. The van der Waals surface area contributed by atoms with Gasteiger partial charge in [-0.3, -0.25) is 0 Å². The van der Waals surface area contributed by atoms with Gasteiger partial charge in [-0.05, 0) is 61.7 Å². The predicted octanol–water partition coefficient (Wildman–Crippen LogP) is 5.73. The number of aliphatic carboxylic acids is 1. The Bertz CT molecular complexity index is 811. The summed E-state index contributed by atoms with van der Waals surface area (Å²) in [6.45, 7) is 2.11. The van der Waals surface area contributed by atoms with Crippen LogP contribution >= 0.6 is 23.4 Å². The summed E-state index contributed by atoms with van der Waals surface area (Å²) in [6, 6.07) is 13.2. The molecule has 9 heteroatoms. The fraction of sp³-hybridized carbons (Fsp3) is 0.316. The number of rotatable bonds is 3. The highest BCUT2D eigenvalue weighted by Gasteiger charge is 2.38. The zero-order valence-electron chi connectivity index (χ0n) is 14.6. The first kappa shape index (κ1) is 22.5. The zero-order valence-corrected chi connectivity index (χ0v) is 16.2. The molecular weight excluding hydrogens is 418 g/mol. The van der Waals surface area contributed by atoms with E-state index >= 15 is 0 Å². The molecule has 1 saturated heterocycles. The summed E-state index contributed by atoms with van der Waals surface area (Å²) in [4.78, 5) is 10.7. The van der Waals surface area contributed by atoms with Crippen molar-refractivity contribution in [1.29, 1.82) is 0 Å². The number of carboxylic acids is 1. The van der Waals surface area contributed by atoms with Gasteiger partial charge in [-0.2, -0.15) is 13.2 Å². The van der Waals surface area contributed by atoms with Crippen LogP contribution in [-0.4, -0.2) is 30.3 Å². The summed E-state index contributed by atoms with van der Waals surface area (Å²) in [7, 11) is 0. The molecule has 2 N–H and O–H groups in total. The molecule has 0 amide bonds. The average Bonchev–Trinajstić information content (AvgIpc) is 2.65. The normalized spacial score (nSPS) is 14.9. The monoisotopic (exact) mass is 435 g/mol. The lowest BCUT2D eigenvalue weighted by atomic mass is 9.90. The lowest BCUT2D eigenvalue weighted by Crippen LogP contribution is -2.26. The first-order valence-electron chi connectivity index (χ1n) is 8.41. The van der Waals surface area contributed by atoms with Crippen LogP contribution in [0.3, 0.4) is 0 Å². The van der Waals surface area contributed by atoms with Gasteiger partial charge in [-0.25, -0.2) is 9.18 Å². The van der Waals surface area contributed by atoms with Gasteiger partial charge in [0.25, 0.3) is 0 Å². The quantitative estimate of drug-likeness (QED) is 0.604. The molecule has 1 heterocycles. The molecule has 1 fully saturated rings. The van der Waals surface area contributed by atoms with Crippen molar-refractivity contribution in [2.24, 2.45) is 0 Å². The Hall–Kier alpha value is -1.77. The summed E-state index contributed by atoms with van der Waals surface area (Å²) in [5.74, 6) is -2.45. The molecule has 28 heavy (non-hydrogen) atoms. The Morgan fingerprint density at radius 2 is 1.71 bits per heavy atom. The SMILES string of the molecule is Fc1cc(Cl)ccc1Sc1ccccc1C1CCNCC1.O=C(O)C(F)(F)F. The van der Waals surface area contributed by atoms with E-state index in [1.807, 2.05) is 6.07 Å². The maximum absolute atomic E-state index is 14.0. The van der Waals surface area contributed by atoms with Crippen molar-refractivity contribution in [3.63, 3.8) is 0 Å². The third kappa shape index (κ3) is 6.68. The Morgan fingerprint density at radius 3 is 2.29 bits per heavy atom. The van der Waals surface area contributed by atoms with E-state index in [0.29, 0.717) is 15.8 Å². The Morgan fingerprint density at radius 1 is 1.11 bits per heavy atom. The molecule has 3 rings (SSSR count). The van der Waals surface area contributed by atoms with Crippen molar-refractivity contribution in [1.82, 2.24) is 5.32 Å². The standard InChI is InChI=1S/C17H17ClFNS.C2HF3O2/c18-13-5-6-17(15(19)11-13)21-16-4-2-1-3-14(16)12-7-9-20-10-8-12;3-2(4,5)1(6)7/h1-6,11-12,20H,7-10H2;(H,6,7). The van der Waals surface area contributed by atoms with E-state index < -0.39 is 12.1 Å². The van der Waals surface area contributed by atoms with Crippen LogP contribution in [0.2, 0.25) is 5.02 Å². The van der Waals surface area contributed by atoms with E-state index in [4.69, 9.17) is 21.5 Å². The number of nitrogens with one attached hydrogen (secondary N) is 1. The number of hydrogen-bond donors (Lipinski definition) is 2. The van der Waals surface area contributed by atoms with Crippen LogP contribution in [0.4, 0.5) is 17.6 Å². The number of hydrogen-bond acceptors (Lipinski definition) is 3. The van der Waals surface area contributed by atoms with Crippen molar-refractivity contribution in [3.05, 3.63) is 58.9 Å². The minimum absolute atomic E-state index is 0.257. The van der Waals surface area contributed by atoms with Gasteiger partial charge >= 0.3 is 12.1 Å². The van der Waals surface area contributed by atoms with Gasteiger partial charge in [0.1, 0.15) is 5.82 Å². The molecule has 3 nitrogen and oxygen atoms in total. The molecule has 1 aliphatic rings. The second-order valence-corrected chi connectivity index (χ2v) is 7.56. The minimum atomic E-state index is -5.08. The second-order valence-electron chi connectivity index (χ2n) is 6.04. The van der Waals surface area contributed by atoms with Crippen LogP contribution in [0.1, 0.15) is 24.3 Å². The molecule has 2 aromatic carbocycles. The summed E-state index contributed by atoms with van der Waals surface area (Å²) in [6.07, 6.45) is -2.80. The number of halogens is 5. The number of carboxylic acid groups (broad SMARTS) is 1. The highest BCUT2D eigenvalue weighted by molar-refractivity contribution is 7.99. The van der Waals surface area contributed by atoms with Gasteiger partial charge in [0.05, 0.1) is 0 Å². The minimum Gasteiger partial charge on any atom is -0.475 e. The van der Waals surface area contributed by atoms with Crippen molar-refractivity contribution in [2.75, 3.05) is 13.1 Å². The molecule has 0 bridgehead atoms. The van der Waals surface area contributed by atoms with Gasteiger partial charge < -0.3 is 10.4 Å².